The molecule has 0 saturated heterocycles. The molecule has 0 aromatic carbocycles. The Morgan fingerprint density at radius 1 is 1.21 bits per heavy atom. The standard InChI is InChI=1S/C20H22N8/c1-11(2)16-17(13-6-12(3)20-23-10-24-28(20)9-13)26-27-18(16)19-22-8-14-7-21-5-4-15(14)25-19/h6,8-11,21H,4-5,7H2,1-3H3,(H,26,27). The molecule has 0 atom stereocenters. The van der Waals surface area contributed by atoms with E-state index in [1.165, 1.54) is 5.56 Å². The lowest BCUT2D eigenvalue weighted by atomic mass is 9.96. The molecule has 5 rings (SSSR count). The summed E-state index contributed by atoms with van der Waals surface area (Å²) in [5.41, 5.74) is 8.16. The average molecular weight is 374 g/mol. The molecule has 0 saturated carbocycles. The Bertz CT molecular complexity index is 1170. The molecule has 0 fully saturated rings. The summed E-state index contributed by atoms with van der Waals surface area (Å²) in [4.78, 5) is 13.7. The van der Waals surface area contributed by atoms with Crippen molar-refractivity contribution in [3.8, 4) is 22.8 Å². The van der Waals surface area contributed by atoms with Crippen molar-refractivity contribution in [3.63, 3.8) is 0 Å². The van der Waals surface area contributed by atoms with Crippen LogP contribution in [0, 0.1) is 6.92 Å². The van der Waals surface area contributed by atoms with E-state index in [4.69, 9.17) is 4.98 Å². The van der Waals surface area contributed by atoms with Gasteiger partial charge in [-0.15, -0.1) is 0 Å². The number of nitrogens with zero attached hydrogens (tertiary/aromatic N) is 6. The highest BCUT2D eigenvalue weighted by Gasteiger charge is 2.23. The van der Waals surface area contributed by atoms with Crippen LogP contribution in [0.3, 0.4) is 0 Å². The Labute approximate surface area is 162 Å². The van der Waals surface area contributed by atoms with Crippen molar-refractivity contribution in [1.29, 1.82) is 0 Å². The Morgan fingerprint density at radius 2 is 2.11 bits per heavy atom. The maximum Gasteiger partial charge on any atom is 0.180 e. The predicted molar refractivity (Wildman–Crippen MR) is 106 cm³/mol. The maximum atomic E-state index is 4.83. The number of hydrogen-bond donors (Lipinski definition) is 2. The zero-order valence-electron chi connectivity index (χ0n) is 16.2. The van der Waals surface area contributed by atoms with Gasteiger partial charge in [0.1, 0.15) is 12.0 Å². The summed E-state index contributed by atoms with van der Waals surface area (Å²) in [5, 5.41) is 15.5. The van der Waals surface area contributed by atoms with Crippen molar-refractivity contribution in [2.75, 3.05) is 6.54 Å². The van der Waals surface area contributed by atoms with Crippen LogP contribution in [0.5, 0.6) is 0 Å². The van der Waals surface area contributed by atoms with E-state index in [0.717, 1.165) is 58.9 Å². The molecule has 142 valence electrons. The minimum Gasteiger partial charge on any atom is -0.312 e. The fourth-order valence-electron chi connectivity index (χ4n) is 3.88. The van der Waals surface area contributed by atoms with E-state index in [1.54, 1.807) is 10.8 Å². The van der Waals surface area contributed by atoms with Crippen LogP contribution in [-0.2, 0) is 13.0 Å². The third kappa shape index (κ3) is 2.68. The second-order valence-corrected chi connectivity index (χ2v) is 7.55. The van der Waals surface area contributed by atoms with Gasteiger partial charge >= 0.3 is 0 Å². The number of pyridine rings is 1. The molecule has 28 heavy (non-hydrogen) atoms. The van der Waals surface area contributed by atoms with Gasteiger partial charge in [0.2, 0.25) is 0 Å². The highest BCUT2D eigenvalue weighted by atomic mass is 15.3. The zero-order valence-corrected chi connectivity index (χ0v) is 16.2. The third-order valence-electron chi connectivity index (χ3n) is 5.25. The molecule has 0 radical (unpaired) electrons. The number of fused-ring (bicyclic) bond motifs is 2. The van der Waals surface area contributed by atoms with Crippen molar-refractivity contribution in [2.45, 2.75) is 39.7 Å². The first-order valence-corrected chi connectivity index (χ1v) is 9.56. The molecule has 0 amide bonds. The van der Waals surface area contributed by atoms with Crippen molar-refractivity contribution in [2.24, 2.45) is 0 Å². The lowest BCUT2D eigenvalue weighted by Crippen LogP contribution is -2.25. The minimum atomic E-state index is 0.261. The SMILES string of the molecule is Cc1cc(-c2[nH]nc(-c3ncc4c(n3)CCNC4)c2C(C)C)cn2ncnc12. The fourth-order valence-corrected chi connectivity index (χ4v) is 3.88. The van der Waals surface area contributed by atoms with Crippen LogP contribution >= 0.6 is 0 Å². The van der Waals surface area contributed by atoms with Gasteiger partial charge in [-0.25, -0.2) is 19.5 Å². The number of aryl methyl sites for hydroxylation is 1. The summed E-state index contributed by atoms with van der Waals surface area (Å²) in [5.74, 6) is 0.946. The molecular formula is C20H22N8. The van der Waals surface area contributed by atoms with E-state index in [-0.39, 0.29) is 5.92 Å². The lowest BCUT2D eigenvalue weighted by Gasteiger charge is -2.16. The molecule has 8 heteroatoms. The van der Waals surface area contributed by atoms with Gasteiger partial charge in [-0.1, -0.05) is 13.8 Å². The van der Waals surface area contributed by atoms with Crippen molar-refractivity contribution in [3.05, 3.63) is 47.2 Å². The van der Waals surface area contributed by atoms with Crippen LogP contribution in [0.15, 0.2) is 24.8 Å². The van der Waals surface area contributed by atoms with Crippen molar-refractivity contribution < 1.29 is 0 Å². The van der Waals surface area contributed by atoms with E-state index in [0.29, 0.717) is 5.82 Å². The van der Waals surface area contributed by atoms with Crippen LogP contribution < -0.4 is 5.32 Å². The molecule has 8 nitrogen and oxygen atoms in total. The summed E-state index contributed by atoms with van der Waals surface area (Å²) < 4.78 is 1.80. The van der Waals surface area contributed by atoms with Crippen LogP contribution in [0.2, 0.25) is 0 Å². The number of aromatic nitrogens is 7. The van der Waals surface area contributed by atoms with Gasteiger partial charge in [0.05, 0.1) is 11.4 Å². The molecule has 4 aromatic heterocycles. The summed E-state index contributed by atoms with van der Waals surface area (Å²) in [6, 6.07) is 2.12. The van der Waals surface area contributed by atoms with Crippen LogP contribution in [0.25, 0.3) is 28.4 Å². The largest absolute Gasteiger partial charge is 0.312 e. The Balaban J connectivity index is 1.66. The van der Waals surface area contributed by atoms with Gasteiger partial charge < -0.3 is 5.32 Å². The Hall–Kier alpha value is -3.13. The molecule has 1 aliphatic heterocycles. The van der Waals surface area contributed by atoms with Crippen molar-refractivity contribution in [1.82, 2.24) is 40.1 Å². The highest BCUT2D eigenvalue weighted by molar-refractivity contribution is 5.73. The number of rotatable bonds is 3. The molecular weight excluding hydrogens is 352 g/mol. The second kappa shape index (κ2) is 6.49. The number of hydrogen-bond acceptors (Lipinski definition) is 6. The highest BCUT2D eigenvalue weighted by Crippen LogP contribution is 2.35. The van der Waals surface area contributed by atoms with Gasteiger partial charge in [0.15, 0.2) is 11.5 Å². The van der Waals surface area contributed by atoms with Gasteiger partial charge in [-0.3, -0.25) is 5.10 Å². The quantitative estimate of drug-likeness (QED) is 0.572. The molecule has 0 aliphatic carbocycles. The Morgan fingerprint density at radius 3 is 2.96 bits per heavy atom. The summed E-state index contributed by atoms with van der Waals surface area (Å²) >= 11 is 0. The maximum absolute atomic E-state index is 4.83. The van der Waals surface area contributed by atoms with Gasteiger partial charge in [-0.05, 0) is 24.5 Å². The first-order valence-electron chi connectivity index (χ1n) is 9.56. The smallest absolute Gasteiger partial charge is 0.180 e. The van der Waals surface area contributed by atoms with E-state index >= 15 is 0 Å². The van der Waals surface area contributed by atoms with Gasteiger partial charge in [-0.2, -0.15) is 10.2 Å². The van der Waals surface area contributed by atoms with E-state index in [9.17, 15) is 0 Å². The molecule has 2 N–H and O–H groups in total. The van der Waals surface area contributed by atoms with Crippen LogP contribution in [0.4, 0.5) is 0 Å². The first-order chi connectivity index (χ1) is 13.6. The van der Waals surface area contributed by atoms with Gasteiger partial charge in [0.25, 0.3) is 0 Å². The predicted octanol–water partition coefficient (Wildman–Crippen LogP) is 2.65. The monoisotopic (exact) mass is 374 g/mol. The summed E-state index contributed by atoms with van der Waals surface area (Å²) in [6.07, 6.45) is 6.40. The zero-order chi connectivity index (χ0) is 19.3. The molecule has 4 aromatic rings. The molecule has 0 spiro atoms. The number of aromatic amines is 1. The van der Waals surface area contributed by atoms with Gasteiger partial charge in [0, 0.05) is 48.6 Å². The topological polar surface area (TPSA) is 96.7 Å². The molecule has 1 aliphatic rings. The molecule has 0 bridgehead atoms. The van der Waals surface area contributed by atoms with E-state index in [2.05, 4.69) is 50.5 Å². The minimum absolute atomic E-state index is 0.261. The van der Waals surface area contributed by atoms with Crippen LogP contribution in [0.1, 0.15) is 42.1 Å². The average Bonchev–Trinajstić information content (AvgIpc) is 3.34. The van der Waals surface area contributed by atoms with Crippen molar-refractivity contribution >= 4 is 5.65 Å². The Kier molecular flexibility index (Phi) is 3.94. The molecule has 0 unspecified atom stereocenters. The first kappa shape index (κ1) is 17.0. The number of nitrogens with one attached hydrogen (secondary N) is 2. The third-order valence-corrected chi connectivity index (χ3v) is 5.25. The normalized spacial score (nSPS) is 14.0. The fraction of sp³-hybridized carbons (Fsp3) is 0.350. The summed E-state index contributed by atoms with van der Waals surface area (Å²) in [6.45, 7) is 8.15. The van der Waals surface area contributed by atoms with Crippen LogP contribution in [-0.4, -0.2) is 41.3 Å². The molecule has 5 heterocycles. The lowest BCUT2D eigenvalue weighted by molar-refractivity contribution is 0.626. The number of H-pyrrole nitrogens is 1. The van der Waals surface area contributed by atoms with E-state index < -0.39 is 0 Å². The van der Waals surface area contributed by atoms with E-state index in [1.807, 2.05) is 19.3 Å². The second-order valence-electron chi connectivity index (χ2n) is 7.55. The summed E-state index contributed by atoms with van der Waals surface area (Å²) in [7, 11) is 0.